The van der Waals surface area contributed by atoms with Gasteiger partial charge in [0.15, 0.2) is 0 Å². The van der Waals surface area contributed by atoms with E-state index < -0.39 is 40.7 Å². The molecule has 0 spiro atoms. The van der Waals surface area contributed by atoms with Crippen molar-refractivity contribution < 1.29 is 31.1 Å². The molecule has 0 radical (unpaired) electrons. The van der Waals surface area contributed by atoms with Crippen LogP contribution in [0.3, 0.4) is 0 Å². The van der Waals surface area contributed by atoms with Gasteiger partial charge >= 0.3 is 18.0 Å². The highest BCUT2D eigenvalue weighted by molar-refractivity contribution is 5.48. The van der Waals surface area contributed by atoms with Crippen molar-refractivity contribution in [2.75, 3.05) is 0 Å². The third-order valence-corrected chi connectivity index (χ3v) is 3.88. The summed E-state index contributed by atoms with van der Waals surface area (Å²) >= 11 is 0. The van der Waals surface area contributed by atoms with E-state index in [9.17, 15) is 31.1 Å². The van der Waals surface area contributed by atoms with Crippen LogP contribution >= 0.6 is 0 Å². The molecule has 0 amide bonds. The number of imidazole rings is 1. The normalized spacial score (nSPS) is 12.2. The molecule has 0 bridgehead atoms. The maximum absolute atomic E-state index is 13.5. The lowest BCUT2D eigenvalue weighted by Gasteiger charge is -2.16. The molecule has 0 aliphatic rings. The Balaban J connectivity index is 2.04. The zero-order valence-electron chi connectivity index (χ0n) is 14.2. The molecule has 148 valence electrons. The number of ether oxygens (including phenoxy) is 1. The Morgan fingerprint density at radius 3 is 2.18 bits per heavy atom. The molecule has 28 heavy (non-hydrogen) atoms. The lowest BCUT2D eigenvalue weighted by molar-refractivity contribution is -0.139. The van der Waals surface area contributed by atoms with Gasteiger partial charge in [0.1, 0.15) is 17.1 Å². The first-order valence-electron chi connectivity index (χ1n) is 7.77. The van der Waals surface area contributed by atoms with E-state index in [0.717, 1.165) is 28.8 Å². The topological polar surface area (TPSA) is 36.2 Å². The lowest BCUT2D eigenvalue weighted by atomic mass is 10.1. The van der Waals surface area contributed by atoms with E-state index in [1.807, 2.05) is 0 Å². The number of nitrogens with zero attached hydrogens (tertiary/aromatic N) is 2. The summed E-state index contributed by atoms with van der Waals surface area (Å²) in [6, 6.07) is 6.40. The van der Waals surface area contributed by atoms with Gasteiger partial charge in [-0.2, -0.15) is 26.3 Å². The minimum atomic E-state index is -4.86. The molecule has 1 heterocycles. The Morgan fingerprint density at radius 2 is 1.61 bits per heavy atom. The van der Waals surface area contributed by atoms with Crippen LogP contribution in [0.4, 0.5) is 26.3 Å². The molecule has 0 saturated carbocycles. The highest BCUT2D eigenvalue weighted by Crippen LogP contribution is 2.40. The van der Waals surface area contributed by atoms with Gasteiger partial charge in [-0.1, -0.05) is 6.07 Å². The molecule has 0 N–H and O–H groups in total. The second-order valence-electron chi connectivity index (χ2n) is 5.87. The number of rotatable bonds is 3. The summed E-state index contributed by atoms with van der Waals surface area (Å²) in [7, 11) is 1.44. The van der Waals surface area contributed by atoms with Gasteiger partial charge in [-0.15, -0.1) is 0 Å². The molecule has 4 nitrogen and oxygen atoms in total. The van der Waals surface area contributed by atoms with E-state index in [1.54, 1.807) is 0 Å². The fourth-order valence-electron chi connectivity index (χ4n) is 2.50. The third-order valence-electron chi connectivity index (χ3n) is 3.88. The Labute approximate surface area is 154 Å². The van der Waals surface area contributed by atoms with Crippen molar-refractivity contribution in [2.45, 2.75) is 12.4 Å². The molecule has 2 aromatic carbocycles. The van der Waals surface area contributed by atoms with E-state index in [0.29, 0.717) is 12.1 Å². The van der Waals surface area contributed by atoms with Gasteiger partial charge in [-0.3, -0.25) is 4.57 Å². The molecule has 0 saturated heterocycles. The number of aromatic nitrogens is 2. The van der Waals surface area contributed by atoms with Gasteiger partial charge in [-0.25, -0.2) is 4.79 Å². The number of aryl methyl sites for hydroxylation is 1. The largest absolute Gasteiger partial charge is 0.457 e. The minimum Gasteiger partial charge on any atom is -0.457 e. The Kier molecular flexibility index (Phi) is 4.74. The quantitative estimate of drug-likeness (QED) is 0.578. The molecule has 0 atom stereocenters. The van der Waals surface area contributed by atoms with E-state index in [-0.39, 0.29) is 5.69 Å². The summed E-state index contributed by atoms with van der Waals surface area (Å²) in [5.74, 6) is -1.08. The van der Waals surface area contributed by atoms with E-state index >= 15 is 0 Å². The summed E-state index contributed by atoms with van der Waals surface area (Å²) in [4.78, 5) is 11.9. The van der Waals surface area contributed by atoms with Crippen LogP contribution in [0.15, 0.2) is 59.7 Å². The Morgan fingerprint density at radius 1 is 0.893 bits per heavy atom. The first kappa shape index (κ1) is 19.6. The highest BCUT2D eigenvalue weighted by Gasteiger charge is 2.36. The summed E-state index contributed by atoms with van der Waals surface area (Å²) in [5.41, 5.74) is -2.89. The molecule has 0 fully saturated rings. The maximum atomic E-state index is 13.5. The third kappa shape index (κ3) is 3.90. The standard InChI is InChI=1S/C18H12F6N2O2/c1-25-7-8-26(16(25)27)12-5-6-15(14(10-12)18(22,23)24)28-13-4-2-3-11(9-13)17(19,20)21/h2-10H,1H3. The summed E-state index contributed by atoms with van der Waals surface area (Å²) < 4.78 is 86.0. The smallest absolute Gasteiger partial charge is 0.420 e. The summed E-state index contributed by atoms with van der Waals surface area (Å²) in [5, 5.41) is 0. The van der Waals surface area contributed by atoms with Crippen LogP contribution in [0, 0.1) is 0 Å². The SMILES string of the molecule is Cn1ccn(-c2ccc(Oc3cccc(C(F)(F)F)c3)c(C(F)(F)F)c2)c1=O. The molecule has 10 heteroatoms. The average molecular weight is 402 g/mol. The van der Waals surface area contributed by atoms with Gasteiger partial charge in [0.25, 0.3) is 0 Å². The van der Waals surface area contributed by atoms with Crippen molar-refractivity contribution in [3.05, 3.63) is 76.5 Å². The van der Waals surface area contributed by atoms with Crippen molar-refractivity contribution in [3.63, 3.8) is 0 Å². The first-order chi connectivity index (χ1) is 13.0. The highest BCUT2D eigenvalue weighted by atomic mass is 19.4. The Hall–Kier alpha value is -3.17. The van der Waals surface area contributed by atoms with Crippen molar-refractivity contribution in [1.82, 2.24) is 9.13 Å². The van der Waals surface area contributed by atoms with Crippen LogP contribution in [-0.4, -0.2) is 9.13 Å². The van der Waals surface area contributed by atoms with E-state index in [1.165, 1.54) is 30.1 Å². The summed E-state index contributed by atoms with van der Waals surface area (Å²) in [6.45, 7) is 0. The van der Waals surface area contributed by atoms with Gasteiger partial charge in [0.05, 0.1) is 11.3 Å². The van der Waals surface area contributed by atoms with Gasteiger partial charge < -0.3 is 9.30 Å². The monoisotopic (exact) mass is 402 g/mol. The summed E-state index contributed by atoms with van der Waals surface area (Å²) in [6.07, 6.45) is -6.84. The molecule has 1 aromatic heterocycles. The second kappa shape index (κ2) is 6.77. The van der Waals surface area contributed by atoms with Crippen LogP contribution in [-0.2, 0) is 19.4 Å². The molecule has 3 aromatic rings. The van der Waals surface area contributed by atoms with Crippen molar-refractivity contribution in [3.8, 4) is 17.2 Å². The molecule has 0 aliphatic heterocycles. The first-order valence-corrected chi connectivity index (χ1v) is 7.77. The lowest BCUT2D eigenvalue weighted by Crippen LogP contribution is -2.21. The van der Waals surface area contributed by atoms with E-state index in [4.69, 9.17) is 4.74 Å². The van der Waals surface area contributed by atoms with Gasteiger partial charge in [0, 0.05) is 19.4 Å². The average Bonchev–Trinajstić information content (AvgIpc) is 2.93. The van der Waals surface area contributed by atoms with Crippen molar-refractivity contribution >= 4 is 0 Å². The molecular weight excluding hydrogens is 390 g/mol. The number of hydrogen-bond acceptors (Lipinski definition) is 2. The minimum absolute atomic E-state index is 0.0608. The fourth-order valence-corrected chi connectivity index (χ4v) is 2.50. The number of halogens is 6. The number of benzene rings is 2. The maximum Gasteiger partial charge on any atom is 0.420 e. The van der Waals surface area contributed by atoms with E-state index in [2.05, 4.69) is 0 Å². The predicted octanol–water partition coefficient (Wildman–Crippen LogP) is 5.01. The van der Waals surface area contributed by atoms with Gasteiger partial charge in [0.2, 0.25) is 0 Å². The van der Waals surface area contributed by atoms with Crippen LogP contribution in [0.1, 0.15) is 11.1 Å². The molecule has 0 aliphatic carbocycles. The van der Waals surface area contributed by atoms with Crippen LogP contribution in [0.5, 0.6) is 11.5 Å². The number of alkyl halides is 6. The predicted molar refractivity (Wildman–Crippen MR) is 87.5 cm³/mol. The molecule has 0 unspecified atom stereocenters. The zero-order chi connectivity index (χ0) is 20.7. The van der Waals surface area contributed by atoms with Crippen molar-refractivity contribution in [2.24, 2.45) is 7.05 Å². The zero-order valence-corrected chi connectivity index (χ0v) is 14.2. The Bertz CT molecular complexity index is 1060. The second-order valence-corrected chi connectivity index (χ2v) is 5.87. The number of hydrogen-bond donors (Lipinski definition) is 0. The molecular formula is C18H12F6N2O2. The fraction of sp³-hybridized carbons (Fsp3) is 0.167. The molecule has 3 rings (SSSR count). The van der Waals surface area contributed by atoms with Crippen molar-refractivity contribution in [1.29, 1.82) is 0 Å². The van der Waals surface area contributed by atoms with Crippen LogP contribution < -0.4 is 10.4 Å². The van der Waals surface area contributed by atoms with Crippen LogP contribution in [0.25, 0.3) is 5.69 Å². The van der Waals surface area contributed by atoms with Gasteiger partial charge in [-0.05, 0) is 36.4 Å². The van der Waals surface area contributed by atoms with Crippen LogP contribution in [0.2, 0.25) is 0 Å².